The lowest BCUT2D eigenvalue weighted by molar-refractivity contribution is -0.138. The number of carbonyl (C=O) groups is 1. The van der Waals surface area contributed by atoms with E-state index in [0.29, 0.717) is 17.7 Å². The SMILES string of the molecule is NCCCNCC1CN(C(=O)C2CC2)C1. The average Bonchev–Trinajstić information content (AvgIpc) is 2.97. The van der Waals surface area contributed by atoms with Crippen LogP contribution in [0, 0.1) is 11.8 Å². The van der Waals surface area contributed by atoms with E-state index in [1.165, 1.54) is 0 Å². The van der Waals surface area contributed by atoms with E-state index >= 15 is 0 Å². The van der Waals surface area contributed by atoms with Crippen molar-refractivity contribution in [3.05, 3.63) is 0 Å². The molecule has 0 aromatic rings. The second kappa shape index (κ2) is 4.94. The van der Waals surface area contributed by atoms with E-state index in [4.69, 9.17) is 5.73 Å². The zero-order chi connectivity index (χ0) is 10.7. The quantitative estimate of drug-likeness (QED) is 0.598. The fourth-order valence-electron chi connectivity index (χ4n) is 2.00. The Morgan fingerprint density at radius 2 is 2.13 bits per heavy atom. The molecule has 4 heteroatoms. The molecular weight excluding hydrogens is 190 g/mol. The van der Waals surface area contributed by atoms with E-state index in [2.05, 4.69) is 5.32 Å². The van der Waals surface area contributed by atoms with Crippen molar-refractivity contribution in [3.63, 3.8) is 0 Å². The maximum Gasteiger partial charge on any atom is 0.225 e. The van der Waals surface area contributed by atoms with Crippen LogP contribution in [0.4, 0.5) is 0 Å². The van der Waals surface area contributed by atoms with Crippen LogP contribution in [0.15, 0.2) is 0 Å². The number of rotatable bonds is 6. The third kappa shape index (κ3) is 2.92. The third-order valence-corrected chi connectivity index (χ3v) is 3.19. The van der Waals surface area contributed by atoms with Gasteiger partial charge < -0.3 is 16.0 Å². The lowest BCUT2D eigenvalue weighted by Crippen LogP contribution is -2.53. The molecule has 0 atom stereocenters. The summed E-state index contributed by atoms with van der Waals surface area (Å²) in [6.45, 7) is 4.72. The fraction of sp³-hybridized carbons (Fsp3) is 0.909. The van der Waals surface area contributed by atoms with Crippen LogP contribution in [0.2, 0.25) is 0 Å². The summed E-state index contributed by atoms with van der Waals surface area (Å²) in [5.74, 6) is 1.45. The van der Waals surface area contributed by atoms with E-state index in [0.717, 1.165) is 52.0 Å². The molecule has 3 N–H and O–H groups in total. The molecule has 0 aromatic carbocycles. The van der Waals surface area contributed by atoms with Gasteiger partial charge in [-0.1, -0.05) is 0 Å². The van der Waals surface area contributed by atoms with Crippen molar-refractivity contribution >= 4 is 5.91 Å². The van der Waals surface area contributed by atoms with Gasteiger partial charge in [-0.05, 0) is 32.4 Å². The van der Waals surface area contributed by atoms with Gasteiger partial charge in [0.2, 0.25) is 5.91 Å². The summed E-state index contributed by atoms with van der Waals surface area (Å²) in [6, 6.07) is 0. The molecule has 2 fully saturated rings. The predicted octanol–water partition coefficient (Wildman–Crippen LogP) is -0.207. The summed E-state index contributed by atoms with van der Waals surface area (Å²) in [4.78, 5) is 13.6. The van der Waals surface area contributed by atoms with Gasteiger partial charge in [-0.25, -0.2) is 0 Å². The highest BCUT2D eigenvalue weighted by molar-refractivity contribution is 5.81. The minimum atomic E-state index is 0.385. The minimum absolute atomic E-state index is 0.385. The Morgan fingerprint density at radius 1 is 1.40 bits per heavy atom. The molecule has 0 bridgehead atoms. The maximum atomic E-state index is 11.6. The first-order valence-electron chi connectivity index (χ1n) is 6.01. The second-order valence-electron chi connectivity index (χ2n) is 4.73. The summed E-state index contributed by atoms with van der Waals surface area (Å²) in [7, 11) is 0. The molecule has 4 nitrogen and oxygen atoms in total. The number of likely N-dealkylation sites (tertiary alicyclic amines) is 1. The molecule has 0 radical (unpaired) electrons. The second-order valence-corrected chi connectivity index (χ2v) is 4.73. The van der Waals surface area contributed by atoms with Gasteiger partial charge in [-0.15, -0.1) is 0 Å². The molecule has 1 saturated heterocycles. The van der Waals surface area contributed by atoms with Crippen LogP contribution in [0.1, 0.15) is 19.3 Å². The summed E-state index contributed by atoms with van der Waals surface area (Å²) >= 11 is 0. The van der Waals surface area contributed by atoms with Crippen LogP contribution in [0.5, 0.6) is 0 Å². The highest BCUT2D eigenvalue weighted by Crippen LogP contribution is 2.33. The molecule has 0 unspecified atom stereocenters. The molecule has 1 aliphatic heterocycles. The van der Waals surface area contributed by atoms with Gasteiger partial charge in [0.15, 0.2) is 0 Å². The van der Waals surface area contributed by atoms with Crippen molar-refractivity contribution in [2.75, 3.05) is 32.7 Å². The topological polar surface area (TPSA) is 58.4 Å². The van der Waals surface area contributed by atoms with E-state index in [9.17, 15) is 4.79 Å². The first kappa shape index (κ1) is 10.9. The fourth-order valence-corrected chi connectivity index (χ4v) is 2.00. The highest BCUT2D eigenvalue weighted by Gasteiger charge is 2.38. The minimum Gasteiger partial charge on any atom is -0.342 e. The summed E-state index contributed by atoms with van der Waals surface area (Å²) in [6.07, 6.45) is 3.28. The Morgan fingerprint density at radius 3 is 2.73 bits per heavy atom. The number of hydrogen-bond donors (Lipinski definition) is 2. The predicted molar refractivity (Wildman–Crippen MR) is 59.3 cm³/mol. The molecule has 0 aromatic heterocycles. The summed E-state index contributed by atoms with van der Waals surface area (Å²) in [5, 5.41) is 3.37. The Hall–Kier alpha value is -0.610. The summed E-state index contributed by atoms with van der Waals surface area (Å²) < 4.78 is 0. The van der Waals surface area contributed by atoms with Gasteiger partial charge >= 0.3 is 0 Å². The van der Waals surface area contributed by atoms with Crippen LogP contribution in [-0.2, 0) is 4.79 Å². The van der Waals surface area contributed by atoms with Gasteiger partial charge in [-0.2, -0.15) is 0 Å². The Labute approximate surface area is 91.2 Å². The highest BCUT2D eigenvalue weighted by atomic mass is 16.2. The molecular formula is C11H21N3O. The van der Waals surface area contributed by atoms with Gasteiger partial charge in [0.25, 0.3) is 0 Å². The number of nitrogens with zero attached hydrogens (tertiary/aromatic N) is 1. The zero-order valence-electron chi connectivity index (χ0n) is 9.24. The standard InChI is InChI=1S/C11H21N3O/c12-4-1-5-13-6-9-7-14(8-9)11(15)10-2-3-10/h9-10,13H,1-8,12H2. The van der Waals surface area contributed by atoms with Crippen LogP contribution in [0.3, 0.4) is 0 Å². The molecule has 1 amide bonds. The first-order chi connectivity index (χ1) is 7.31. The molecule has 1 saturated carbocycles. The number of carbonyl (C=O) groups excluding carboxylic acids is 1. The van der Waals surface area contributed by atoms with Crippen molar-refractivity contribution in [2.45, 2.75) is 19.3 Å². The molecule has 2 rings (SSSR count). The number of nitrogens with one attached hydrogen (secondary N) is 1. The molecule has 2 aliphatic rings. The van der Waals surface area contributed by atoms with Crippen molar-refractivity contribution in [2.24, 2.45) is 17.6 Å². The van der Waals surface area contributed by atoms with Gasteiger partial charge in [0.05, 0.1) is 0 Å². The summed E-state index contributed by atoms with van der Waals surface area (Å²) in [5.41, 5.74) is 5.40. The zero-order valence-corrected chi connectivity index (χ0v) is 9.24. The number of amides is 1. The largest absolute Gasteiger partial charge is 0.342 e. The van der Waals surface area contributed by atoms with Crippen LogP contribution in [0.25, 0.3) is 0 Å². The molecule has 0 spiro atoms. The average molecular weight is 211 g/mol. The number of nitrogens with two attached hydrogens (primary N) is 1. The monoisotopic (exact) mass is 211 g/mol. The number of hydrogen-bond acceptors (Lipinski definition) is 3. The smallest absolute Gasteiger partial charge is 0.225 e. The lowest BCUT2D eigenvalue weighted by Gasteiger charge is -2.39. The molecule has 86 valence electrons. The first-order valence-corrected chi connectivity index (χ1v) is 6.01. The van der Waals surface area contributed by atoms with Crippen molar-refractivity contribution in [1.29, 1.82) is 0 Å². The Balaban J connectivity index is 1.51. The normalized spacial score (nSPS) is 21.5. The lowest BCUT2D eigenvalue weighted by atomic mass is 9.99. The van der Waals surface area contributed by atoms with Crippen molar-refractivity contribution < 1.29 is 4.79 Å². The van der Waals surface area contributed by atoms with E-state index in [1.54, 1.807) is 0 Å². The van der Waals surface area contributed by atoms with Crippen LogP contribution < -0.4 is 11.1 Å². The van der Waals surface area contributed by atoms with Gasteiger partial charge in [0.1, 0.15) is 0 Å². The molecule has 1 heterocycles. The van der Waals surface area contributed by atoms with E-state index in [1.807, 2.05) is 4.90 Å². The third-order valence-electron chi connectivity index (χ3n) is 3.19. The maximum absolute atomic E-state index is 11.6. The molecule has 1 aliphatic carbocycles. The Bertz CT molecular complexity index is 222. The van der Waals surface area contributed by atoms with Gasteiger partial charge in [0, 0.05) is 31.5 Å². The van der Waals surface area contributed by atoms with Crippen molar-refractivity contribution in [3.8, 4) is 0 Å². The van der Waals surface area contributed by atoms with Crippen molar-refractivity contribution in [1.82, 2.24) is 10.2 Å². The van der Waals surface area contributed by atoms with Crippen LogP contribution >= 0.6 is 0 Å². The van der Waals surface area contributed by atoms with Crippen LogP contribution in [-0.4, -0.2) is 43.5 Å². The van der Waals surface area contributed by atoms with E-state index in [-0.39, 0.29) is 0 Å². The Kier molecular flexibility index (Phi) is 3.59. The van der Waals surface area contributed by atoms with E-state index < -0.39 is 0 Å². The van der Waals surface area contributed by atoms with Gasteiger partial charge in [-0.3, -0.25) is 4.79 Å². The molecule has 15 heavy (non-hydrogen) atoms.